The zero-order chi connectivity index (χ0) is 6.81. The second-order valence-corrected chi connectivity index (χ2v) is 2.15. The molecule has 1 nitrogen and oxygen atoms in total. The first-order valence-corrected chi connectivity index (χ1v) is 3.22. The minimum absolute atomic E-state index is 0. The first-order chi connectivity index (χ1) is 4.97. The molecule has 0 amide bonds. The van der Waals surface area contributed by atoms with Crippen LogP contribution in [0.15, 0.2) is 47.1 Å². The molecule has 1 aromatic heterocycles. The molecule has 0 atom stereocenters. The third-order valence-electron chi connectivity index (χ3n) is 1.47. The predicted octanol–water partition coefficient (Wildman–Crippen LogP) is -0.282. The molecule has 0 saturated heterocycles. The van der Waals surface area contributed by atoms with Crippen LogP contribution < -0.4 is 12.4 Å². The SMILES string of the molecule is [Cl-].c1ccc2[o+]cccc2c1. The van der Waals surface area contributed by atoms with Crippen molar-refractivity contribution in [2.24, 2.45) is 0 Å². The smallest absolute Gasteiger partial charge is 0.359 e. The van der Waals surface area contributed by atoms with Crippen LogP contribution in [0.1, 0.15) is 0 Å². The maximum atomic E-state index is 5.21. The lowest BCUT2D eigenvalue weighted by Crippen LogP contribution is -3.00. The van der Waals surface area contributed by atoms with Gasteiger partial charge in [0.05, 0.1) is 5.39 Å². The van der Waals surface area contributed by atoms with Crippen LogP contribution in [0, 0.1) is 0 Å². The van der Waals surface area contributed by atoms with Gasteiger partial charge in [-0.3, -0.25) is 0 Å². The standard InChI is InChI=1S/C9H7O.ClH/c1-2-6-9-8(4-1)5-3-7-10-9;/h1-7H;1H/q+1;/p-1. The lowest BCUT2D eigenvalue weighted by Gasteiger charge is -1.81. The van der Waals surface area contributed by atoms with Crippen LogP contribution in [0.5, 0.6) is 0 Å². The molecule has 0 aliphatic heterocycles. The first kappa shape index (κ1) is 8.02. The summed E-state index contributed by atoms with van der Waals surface area (Å²) in [4.78, 5) is 0. The fraction of sp³-hybridized carbons (Fsp3) is 0. The van der Waals surface area contributed by atoms with E-state index in [4.69, 9.17) is 4.42 Å². The van der Waals surface area contributed by atoms with Crippen molar-refractivity contribution in [1.29, 1.82) is 0 Å². The van der Waals surface area contributed by atoms with E-state index in [1.807, 2.05) is 36.4 Å². The van der Waals surface area contributed by atoms with Gasteiger partial charge in [0.2, 0.25) is 0 Å². The van der Waals surface area contributed by atoms with Crippen molar-refractivity contribution in [2.75, 3.05) is 0 Å². The van der Waals surface area contributed by atoms with Crippen molar-refractivity contribution in [3.05, 3.63) is 42.7 Å². The molecule has 0 unspecified atom stereocenters. The Hall–Kier alpha value is -1.08. The first-order valence-electron chi connectivity index (χ1n) is 3.22. The Bertz CT molecular complexity index is 281. The average molecular weight is 167 g/mol. The van der Waals surface area contributed by atoms with Crippen LogP contribution in [0.25, 0.3) is 11.0 Å². The molecule has 11 heavy (non-hydrogen) atoms. The van der Waals surface area contributed by atoms with Gasteiger partial charge in [-0.25, -0.2) is 4.42 Å². The van der Waals surface area contributed by atoms with E-state index in [-0.39, 0.29) is 12.4 Å². The minimum Gasteiger partial charge on any atom is -1.00 e. The van der Waals surface area contributed by atoms with Gasteiger partial charge >= 0.3 is 11.8 Å². The molecule has 2 rings (SSSR count). The van der Waals surface area contributed by atoms with Gasteiger partial charge in [-0.2, -0.15) is 0 Å². The molecule has 0 N–H and O–H groups in total. The summed E-state index contributed by atoms with van der Waals surface area (Å²) < 4.78 is 5.21. The molecule has 0 radical (unpaired) electrons. The topological polar surface area (TPSA) is 11.3 Å². The highest BCUT2D eigenvalue weighted by Crippen LogP contribution is 2.11. The van der Waals surface area contributed by atoms with Crippen molar-refractivity contribution in [2.45, 2.75) is 0 Å². The van der Waals surface area contributed by atoms with Crippen LogP contribution in [-0.2, 0) is 0 Å². The summed E-state index contributed by atoms with van der Waals surface area (Å²) in [5.74, 6) is 0. The lowest BCUT2D eigenvalue weighted by atomic mass is 10.2. The highest BCUT2D eigenvalue weighted by molar-refractivity contribution is 5.75. The number of benzene rings is 1. The number of rotatable bonds is 0. The van der Waals surface area contributed by atoms with Gasteiger partial charge in [0.25, 0.3) is 0 Å². The number of fused-ring (bicyclic) bond motifs is 1. The van der Waals surface area contributed by atoms with E-state index in [2.05, 4.69) is 0 Å². The van der Waals surface area contributed by atoms with Crippen molar-refractivity contribution >= 4 is 11.0 Å². The van der Waals surface area contributed by atoms with Crippen molar-refractivity contribution < 1.29 is 16.8 Å². The summed E-state index contributed by atoms with van der Waals surface area (Å²) in [6, 6.07) is 11.9. The minimum atomic E-state index is 0. The summed E-state index contributed by atoms with van der Waals surface area (Å²) >= 11 is 0. The van der Waals surface area contributed by atoms with Crippen molar-refractivity contribution in [1.82, 2.24) is 0 Å². The van der Waals surface area contributed by atoms with E-state index >= 15 is 0 Å². The Morgan fingerprint density at radius 2 is 1.64 bits per heavy atom. The molecule has 0 aliphatic carbocycles. The highest BCUT2D eigenvalue weighted by atomic mass is 35.5. The fourth-order valence-electron chi connectivity index (χ4n) is 0.981. The molecule has 2 aromatic rings. The number of halogens is 1. The van der Waals surface area contributed by atoms with Gasteiger partial charge < -0.3 is 12.4 Å². The second kappa shape index (κ2) is 3.35. The van der Waals surface area contributed by atoms with E-state index < -0.39 is 0 Å². The summed E-state index contributed by atoms with van der Waals surface area (Å²) in [5.41, 5.74) is 0.935. The molecule has 0 aliphatic rings. The summed E-state index contributed by atoms with van der Waals surface area (Å²) in [6.45, 7) is 0. The summed E-state index contributed by atoms with van der Waals surface area (Å²) in [7, 11) is 0. The van der Waals surface area contributed by atoms with Gasteiger partial charge in [0.1, 0.15) is 0 Å². The Kier molecular flexibility index (Phi) is 2.44. The van der Waals surface area contributed by atoms with Crippen LogP contribution in [0.2, 0.25) is 0 Å². The number of hydrogen-bond donors (Lipinski definition) is 0. The van der Waals surface area contributed by atoms with E-state index in [0.29, 0.717) is 0 Å². The normalized spacial score (nSPS) is 9.09. The predicted molar refractivity (Wildman–Crippen MR) is 40.6 cm³/mol. The molecule has 56 valence electrons. The van der Waals surface area contributed by atoms with E-state index in [1.54, 1.807) is 6.26 Å². The number of hydrogen-bond acceptors (Lipinski definition) is 0. The molecule has 0 spiro atoms. The Morgan fingerprint density at radius 3 is 2.45 bits per heavy atom. The Labute approximate surface area is 71.1 Å². The molecule has 1 heterocycles. The molecule has 0 bridgehead atoms. The van der Waals surface area contributed by atoms with Gasteiger partial charge in [-0.15, -0.1) is 0 Å². The Balaban J connectivity index is 0.000000605. The maximum Gasteiger partial charge on any atom is 0.359 e. The molecular formula is C9H7ClO. The largest absolute Gasteiger partial charge is 1.00 e. The van der Waals surface area contributed by atoms with Crippen LogP contribution in [-0.4, -0.2) is 0 Å². The quantitative estimate of drug-likeness (QED) is 0.490. The van der Waals surface area contributed by atoms with Crippen LogP contribution in [0.4, 0.5) is 0 Å². The van der Waals surface area contributed by atoms with Crippen molar-refractivity contribution in [3.8, 4) is 0 Å². The van der Waals surface area contributed by atoms with Crippen LogP contribution in [0.3, 0.4) is 0 Å². The van der Waals surface area contributed by atoms with Crippen LogP contribution >= 0.6 is 0 Å². The molecular weight excluding hydrogens is 160 g/mol. The lowest BCUT2D eigenvalue weighted by molar-refractivity contribution is -0.00000238. The molecule has 2 heteroatoms. The van der Waals surface area contributed by atoms with Gasteiger partial charge in [0.15, 0.2) is 0 Å². The van der Waals surface area contributed by atoms with E-state index in [9.17, 15) is 0 Å². The molecule has 0 fully saturated rings. The van der Waals surface area contributed by atoms with Gasteiger partial charge in [0, 0.05) is 12.1 Å². The zero-order valence-corrected chi connectivity index (χ0v) is 6.58. The second-order valence-electron chi connectivity index (χ2n) is 2.15. The monoisotopic (exact) mass is 166 g/mol. The number of para-hydroxylation sites is 1. The fourth-order valence-corrected chi connectivity index (χ4v) is 0.981. The zero-order valence-electron chi connectivity index (χ0n) is 5.83. The molecule has 1 aromatic carbocycles. The van der Waals surface area contributed by atoms with E-state index in [0.717, 1.165) is 11.0 Å². The Morgan fingerprint density at radius 1 is 0.909 bits per heavy atom. The van der Waals surface area contributed by atoms with Gasteiger partial charge in [-0.1, -0.05) is 12.1 Å². The third-order valence-corrected chi connectivity index (χ3v) is 1.47. The summed E-state index contributed by atoms with van der Waals surface area (Å²) in [6.07, 6.45) is 1.68. The molecule has 0 saturated carbocycles. The highest BCUT2D eigenvalue weighted by Gasteiger charge is 1.99. The van der Waals surface area contributed by atoms with E-state index in [1.165, 1.54) is 0 Å². The summed E-state index contributed by atoms with van der Waals surface area (Å²) in [5, 5.41) is 1.14. The average Bonchev–Trinajstić information content (AvgIpc) is 2.05. The van der Waals surface area contributed by atoms with Crippen molar-refractivity contribution in [3.63, 3.8) is 0 Å². The van der Waals surface area contributed by atoms with Gasteiger partial charge in [-0.05, 0) is 12.1 Å². The maximum absolute atomic E-state index is 5.21. The third kappa shape index (κ3) is 1.49.